The van der Waals surface area contributed by atoms with Crippen LogP contribution in [0.25, 0.3) is 0 Å². The van der Waals surface area contributed by atoms with Crippen LogP contribution in [0, 0.1) is 0 Å². The van der Waals surface area contributed by atoms with E-state index in [1.807, 2.05) is 13.8 Å². The molecule has 262 valence electrons. The average molecular weight is 632 g/mol. The zero-order valence-corrected chi connectivity index (χ0v) is 29.9. The second-order valence-corrected chi connectivity index (χ2v) is 13.5. The Kier molecular flexibility index (Phi) is 28.6. The third-order valence-corrected chi connectivity index (χ3v) is 8.16. The number of Topliss-reactive ketones (excluding diaryl/α,β-unsaturated/α-hetero) is 1. The first-order valence-electron chi connectivity index (χ1n) is 17.8. The molecule has 0 bridgehead atoms. The van der Waals surface area contributed by atoms with Gasteiger partial charge in [0.05, 0.1) is 80.8 Å². The van der Waals surface area contributed by atoms with E-state index in [0.717, 1.165) is 41.3 Å². The summed E-state index contributed by atoms with van der Waals surface area (Å²) in [4.78, 5) is 23.7. The standard InChI is InChI=1S/C35H72N3O6/c1-7-41-28-30-43-32-34(39)22-17-20-26-37(3,4)24-18-15-13-11-9-10-12-14-16-19-25-38(5,6)27-21-23-36-35(40)33-44-31-29-42-8-2/h7-33H2,1-6H3/q+1/p+1. The summed E-state index contributed by atoms with van der Waals surface area (Å²) < 4.78 is 23.2. The third-order valence-electron chi connectivity index (χ3n) is 8.16. The molecule has 0 saturated heterocycles. The zero-order chi connectivity index (χ0) is 32.8. The van der Waals surface area contributed by atoms with Crippen LogP contribution < -0.4 is 5.32 Å². The van der Waals surface area contributed by atoms with Gasteiger partial charge in [-0.3, -0.25) is 9.59 Å². The second kappa shape index (κ2) is 29.3. The SMILES string of the molecule is CCOCCOCC(=O)CCCC[N+](C)(C)CCCCCCCCCCCC[N+](C)(C)CCCNC(=O)COCCOCC. The number of nitrogens with one attached hydrogen (secondary N) is 1. The van der Waals surface area contributed by atoms with Crippen LogP contribution in [-0.4, -0.2) is 134 Å². The number of nitrogens with zero attached hydrogens (tertiary/aromatic N) is 2. The van der Waals surface area contributed by atoms with Crippen LogP contribution in [0.3, 0.4) is 0 Å². The molecule has 0 aromatic heterocycles. The van der Waals surface area contributed by atoms with Crippen molar-refractivity contribution >= 4 is 11.7 Å². The number of unbranched alkanes of at least 4 members (excludes halogenated alkanes) is 10. The zero-order valence-electron chi connectivity index (χ0n) is 29.9. The van der Waals surface area contributed by atoms with E-state index in [0.29, 0.717) is 52.6 Å². The Hall–Kier alpha value is -1.10. The molecule has 9 heteroatoms. The van der Waals surface area contributed by atoms with Crippen LogP contribution in [0.15, 0.2) is 0 Å². The summed E-state index contributed by atoms with van der Waals surface area (Å²) >= 11 is 0. The van der Waals surface area contributed by atoms with Crippen molar-refractivity contribution in [3.63, 3.8) is 0 Å². The molecule has 1 amide bonds. The van der Waals surface area contributed by atoms with Crippen LogP contribution in [0.1, 0.15) is 104 Å². The van der Waals surface area contributed by atoms with Gasteiger partial charge >= 0.3 is 0 Å². The average Bonchev–Trinajstić information content (AvgIpc) is 2.98. The van der Waals surface area contributed by atoms with Gasteiger partial charge in [0.1, 0.15) is 13.2 Å². The Morgan fingerprint density at radius 2 is 0.886 bits per heavy atom. The number of carbonyl (C=O) groups is 2. The lowest BCUT2D eigenvalue weighted by Gasteiger charge is -2.30. The minimum Gasteiger partial charge on any atom is -0.379 e. The molecular weight excluding hydrogens is 558 g/mol. The van der Waals surface area contributed by atoms with E-state index in [-0.39, 0.29) is 24.9 Å². The van der Waals surface area contributed by atoms with E-state index < -0.39 is 0 Å². The van der Waals surface area contributed by atoms with Crippen LogP contribution in [0.4, 0.5) is 0 Å². The van der Waals surface area contributed by atoms with E-state index in [9.17, 15) is 9.59 Å². The van der Waals surface area contributed by atoms with Crippen molar-refractivity contribution < 1.29 is 37.5 Å². The summed E-state index contributed by atoms with van der Waals surface area (Å²) in [7, 11) is 9.24. The number of hydrogen-bond acceptors (Lipinski definition) is 6. The smallest absolute Gasteiger partial charge is 0.246 e. The van der Waals surface area contributed by atoms with Gasteiger partial charge in [0.15, 0.2) is 5.78 Å². The Bertz CT molecular complexity index is 619. The van der Waals surface area contributed by atoms with E-state index in [2.05, 4.69) is 33.5 Å². The molecule has 0 aliphatic carbocycles. The molecule has 0 aliphatic heterocycles. The highest BCUT2D eigenvalue weighted by atomic mass is 16.5. The van der Waals surface area contributed by atoms with Crippen LogP contribution in [-0.2, 0) is 28.5 Å². The van der Waals surface area contributed by atoms with Gasteiger partial charge < -0.3 is 33.2 Å². The normalized spacial score (nSPS) is 12.1. The number of ketones is 1. The van der Waals surface area contributed by atoms with Crippen molar-refractivity contribution in [2.45, 2.75) is 104 Å². The highest BCUT2D eigenvalue weighted by Gasteiger charge is 2.15. The highest BCUT2D eigenvalue weighted by Crippen LogP contribution is 2.13. The number of quaternary nitrogens is 2. The molecule has 0 spiro atoms. The maximum Gasteiger partial charge on any atom is 0.246 e. The fourth-order valence-electron chi connectivity index (χ4n) is 5.31. The second-order valence-electron chi connectivity index (χ2n) is 13.5. The topological polar surface area (TPSA) is 83.1 Å². The van der Waals surface area contributed by atoms with Gasteiger partial charge in [-0.2, -0.15) is 0 Å². The molecule has 0 radical (unpaired) electrons. The lowest BCUT2D eigenvalue weighted by atomic mass is 10.1. The van der Waals surface area contributed by atoms with Crippen molar-refractivity contribution in [1.82, 2.24) is 5.32 Å². The van der Waals surface area contributed by atoms with Gasteiger partial charge in [-0.05, 0) is 52.4 Å². The Balaban J connectivity index is 3.55. The minimum atomic E-state index is -0.0421. The summed E-state index contributed by atoms with van der Waals surface area (Å²) in [5, 5.41) is 2.95. The summed E-state index contributed by atoms with van der Waals surface area (Å²) in [5.41, 5.74) is 0. The lowest BCUT2D eigenvalue weighted by molar-refractivity contribution is -0.890. The molecule has 0 aromatic rings. The summed E-state index contributed by atoms with van der Waals surface area (Å²) in [5.74, 6) is 0.164. The molecule has 0 atom stereocenters. The largest absolute Gasteiger partial charge is 0.379 e. The van der Waals surface area contributed by atoms with Gasteiger partial charge in [-0.15, -0.1) is 0 Å². The van der Waals surface area contributed by atoms with E-state index in [1.54, 1.807) is 0 Å². The molecule has 0 rings (SSSR count). The van der Waals surface area contributed by atoms with Gasteiger partial charge in [-0.1, -0.05) is 38.5 Å². The van der Waals surface area contributed by atoms with Crippen LogP contribution in [0.5, 0.6) is 0 Å². The molecule has 0 heterocycles. The molecule has 9 nitrogen and oxygen atoms in total. The fraction of sp³-hybridized carbons (Fsp3) is 0.943. The first-order valence-corrected chi connectivity index (χ1v) is 17.8. The number of ether oxygens (including phenoxy) is 4. The Labute approximate surface area is 271 Å². The molecular formula is C35H73N3O6+2. The van der Waals surface area contributed by atoms with E-state index in [1.165, 1.54) is 77.3 Å². The predicted molar refractivity (Wildman–Crippen MR) is 181 cm³/mol. The Morgan fingerprint density at radius 1 is 0.500 bits per heavy atom. The van der Waals surface area contributed by atoms with Gasteiger partial charge in [0.2, 0.25) is 5.91 Å². The summed E-state index contributed by atoms with van der Waals surface area (Å²) in [6.07, 6.45) is 17.0. The maximum atomic E-state index is 11.9. The van der Waals surface area contributed by atoms with Crippen molar-refractivity contribution in [3.05, 3.63) is 0 Å². The monoisotopic (exact) mass is 632 g/mol. The van der Waals surface area contributed by atoms with Crippen molar-refractivity contribution in [2.75, 3.05) is 114 Å². The predicted octanol–water partition coefficient (Wildman–Crippen LogP) is 5.39. The van der Waals surface area contributed by atoms with E-state index >= 15 is 0 Å². The van der Waals surface area contributed by atoms with Crippen LogP contribution in [0.2, 0.25) is 0 Å². The molecule has 0 aromatic carbocycles. The Morgan fingerprint density at radius 3 is 1.36 bits per heavy atom. The third kappa shape index (κ3) is 30.9. The van der Waals surface area contributed by atoms with Gasteiger partial charge in [0, 0.05) is 32.6 Å². The summed E-state index contributed by atoms with van der Waals surface area (Å²) in [6.45, 7) is 13.0. The number of rotatable bonds is 34. The lowest BCUT2D eigenvalue weighted by Crippen LogP contribution is -2.42. The molecule has 0 saturated carbocycles. The first-order chi connectivity index (χ1) is 21.1. The molecule has 1 N–H and O–H groups in total. The van der Waals surface area contributed by atoms with Crippen molar-refractivity contribution in [2.24, 2.45) is 0 Å². The molecule has 44 heavy (non-hydrogen) atoms. The van der Waals surface area contributed by atoms with Crippen molar-refractivity contribution in [1.29, 1.82) is 0 Å². The first kappa shape index (κ1) is 42.9. The molecule has 0 aliphatic rings. The van der Waals surface area contributed by atoms with Gasteiger partial charge in [-0.25, -0.2) is 0 Å². The quantitative estimate of drug-likeness (QED) is 0.0758. The molecule has 0 unspecified atom stereocenters. The summed E-state index contributed by atoms with van der Waals surface area (Å²) in [6, 6.07) is 0. The van der Waals surface area contributed by atoms with Crippen molar-refractivity contribution in [3.8, 4) is 0 Å². The number of hydrogen-bond donors (Lipinski definition) is 1. The van der Waals surface area contributed by atoms with Gasteiger partial charge in [0.25, 0.3) is 0 Å². The van der Waals surface area contributed by atoms with E-state index in [4.69, 9.17) is 18.9 Å². The maximum absolute atomic E-state index is 11.9. The minimum absolute atomic E-state index is 0.0421. The molecule has 0 fully saturated rings. The van der Waals surface area contributed by atoms with Crippen LogP contribution >= 0.6 is 0 Å². The fourth-order valence-corrected chi connectivity index (χ4v) is 5.31. The number of carbonyl (C=O) groups excluding carboxylic acids is 2. The highest BCUT2D eigenvalue weighted by molar-refractivity contribution is 5.79. The number of amides is 1.